The molecule has 1 saturated carbocycles. The van der Waals surface area contributed by atoms with Crippen molar-refractivity contribution < 1.29 is 4.74 Å². The van der Waals surface area contributed by atoms with Gasteiger partial charge in [0.15, 0.2) is 5.96 Å². The second-order valence-electron chi connectivity index (χ2n) is 7.16. The number of likely N-dealkylation sites (tertiary alicyclic amines) is 1. The summed E-state index contributed by atoms with van der Waals surface area (Å²) in [6.07, 6.45) is 6.64. The van der Waals surface area contributed by atoms with Crippen molar-refractivity contribution in [1.82, 2.24) is 15.5 Å². The summed E-state index contributed by atoms with van der Waals surface area (Å²) in [6.45, 7) is 4.26. The molecule has 1 atom stereocenters. The second kappa shape index (κ2) is 9.09. The minimum atomic E-state index is 0.366. The van der Waals surface area contributed by atoms with Crippen LogP contribution >= 0.6 is 0 Å². The van der Waals surface area contributed by atoms with Gasteiger partial charge in [-0.25, -0.2) is 0 Å². The SMILES string of the molecule is CN=C(NCC1CC1)NCC(c1ccc(OC)cc1)N1CCCCC1. The summed E-state index contributed by atoms with van der Waals surface area (Å²) in [5.74, 6) is 2.68. The van der Waals surface area contributed by atoms with Gasteiger partial charge in [0.25, 0.3) is 0 Å². The van der Waals surface area contributed by atoms with Crippen LogP contribution in [0, 0.1) is 5.92 Å². The molecule has 2 aliphatic rings. The van der Waals surface area contributed by atoms with Crippen LogP contribution in [0.2, 0.25) is 0 Å². The van der Waals surface area contributed by atoms with Crippen LogP contribution in [0.25, 0.3) is 0 Å². The average molecular weight is 345 g/mol. The summed E-state index contributed by atoms with van der Waals surface area (Å²) in [5, 5.41) is 7.00. The molecule has 0 spiro atoms. The number of methoxy groups -OCH3 is 1. The van der Waals surface area contributed by atoms with Crippen molar-refractivity contribution in [3.05, 3.63) is 29.8 Å². The number of piperidine rings is 1. The Hall–Kier alpha value is -1.75. The lowest BCUT2D eigenvalue weighted by Crippen LogP contribution is -2.44. The summed E-state index contributed by atoms with van der Waals surface area (Å²) < 4.78 is 5.31. The standard InChI is InChI=1S/C20H32N4O/c1-21-20(22-14-16-6-7-16)23-15-19(24-12-4-3-5-13-24)17-8-10-18(25-2)11-9-17/h8-11,16,19H,3-7,12-15H2,1-2H3,(H2,21,22,23). The molecular weight excluding hydrogens is 312 g/mol. The molecular formula is C20H32N4O. The van der Waals surface area contributed by atoms with Crippen molar-refractivity contribution in [2.24, 2.45) is 10.9 Å². The molecule has 1 heterocycles. The molecule has 1 aliphatic heterocycles. The fourth-order valence-electron chi connectivity index (χ4n) is 3.49. The Morgan fingerprint density at radius 3 is 2.48 bits per heavy atom. The molecule has 1 aliphatic carbocycles. The summed E-state index contributed by atoms with van der Waals surface area (Å²) in [4.78, 5) is 6.99. The van der Waals surface area contributed by atoms with E-state index in [0.717, 1.165) is 30.7 Å². The van der Waals surface area contributed by atoms with Gasteiger partial charge in [-0.05, 0) is 62.4 Å². The van der Waals surface area contributed by atoms with Crippen LogP contribution in [0.5, 0.6) is 5.75 Å². The Bertz CT molecular complexity index is 547. The van der Waals surface area contributed by atoms with Crippen LogP contribution in [0.1, 0.15) is 43.7 Å². The van der Waals surface area contributed by atoms with Gasteiger partial charge in [0.2, 0.25) is 0 Å². The van der Waals surface area contributed by atoms with Crippen LogP contribution in [0.15, 0.2) is 29.3 Å². The van der Waals surface area contributed by atoms with E-state index in [2.05, 4.69) is 44.8 Å². The lowest BCUT2D eigenvalue weighted by Gasteiger charge is -2.35. The highest BCUT2D eigenvalue weighted by atomic mass is 16.5. The zero-order valence-electron chi connectivity index (χ0n) is 15.6. The molecule has 1 aromatic rings. The molecule has 0 aromatic heterocycles. The van der Waals surface area contributed by atoms with Gasteiger partial charge in [-0.1, -0.05) is 18.6 Å². The fraction of sp³-hybridized carbons (Fsp3) is 0.650. The first kappa shape index (κ1) is 18.1. The van der Waals surface area contributed by atoms with E-state index in [-0.39, 0.29) is 0 Å². The number of rotatable bonds is 7. The summed E-state index contributed by atoms with van der Waals surface area (Å²) >= 11 is 0. The predicted octanol–water partition coefficient (Wildman–Crippen LogP) is 2.80. The lowest BCUT2D eigenvalue weighted by atomic mass is 10.0. The highest BCUT2D eigenvalue weighted by Crippen LogP contribution is 2.28. The van der Waals surface area contributed by atoms with Gasteiger partial charge in [-0.3, -0.25) is 9.89 Å². The third kappa shape index (κ3) is 5.36. The molecule has 0 bridgehead atoms. The molecule has 2 N–H and O–H groups in total. The normalized spacial score (nSPS) is 20.2. The molecule has 0 amide bonds. The molecule has 0 radical (unpaired) electrons. The van der Waals surface area contributed by atoms with Crippen molar-refractivity contribution >= 4 is 5.96 Å². The first-order chi connectivity index (χ1) is 12.3. The van der Waals surface area contributed by atoms with Crippen molar-refractivity contribution in [2.45, 2.75) is 38.1 Å². The Morgan fingerprint density at radius 1 is 1.16 bits per heavy atom. The topological polar surface area (TPSA) is 48.9 Å². The fourth-order valence-corrected chi connectivity index (χ4v) is 3.49. The molecule has 25 heavy (non-hydrogen) atoms. The van der Waals surface area contributed by atoms with E-state index >= 15 is 0 Å². The number of benzene rings is 1. The molecule has 5 nitrogen and oxygen atoms in total. The third-order valence-corrected chi connectivity index (χ3v) is 5.27. The number of hydrogen-bond donors (Lipinski definition) is 2. The predicted molar refractivity (Wildman–Crippen MR) is 103 cm³/mol. The van der Waals surface area contributed by atoms with Crippen molar-refractivity contribution in [1.29, 1.82) is 0 Å². The van der Waals surface area contributed by atoms with E-state index in [0.29, 0.717) is 6.04 Å². The first-order valence-corrected chi connectivity index (χ1v) is 9.62. The van der Waals surface area contributed by atoms with Gasteiger partial charge in [0, 0.05) is 20.1 Å². The Kier molecular flexibility index (Phi) is 6.56. The van der Waals surface area contributed by atoms with Gasteiger partial charge < -0.3 is 15.4 Å². The number of guanidine groups is 1. The first-order valence-electron chi connectivity index (χ1n) is 9.62. The van der Waals surface area contributed by atoms with Crippen LogP contribution in [0.4, 0.5) is 0 Å². The molecule has 3 rings (SSSR count). The van der Waals surface area contributed by atoms with E-state index in [4.69, 9.17) is 4.74 Å². The lowest BCUT2D eigenvalue weighted by molar-refractivity contribution is 0.164. The maximum absolute atomic E-state index is 5.31. The maximum atomic E-state index is 5.31. The van der Waals surface area contributed by atoms with Crippen molar-refractivity contribution in [3.8, 4) is 5.75 Å². The highest BCUT2D eigenvalue weighted by Gasteiger charge is 2.24. The second-order valence-corrected chi connectivity index (χ2v) is 7.16. The van der Waals surface area contributed by atoms with Crippen molar-refractivity contribution in [2.75, 3.05) is 40.3 Å². The highest BCUT2D eigenvalue weighted by molar-refractivity contribution is 5.79. The molecule has 1 saturated heterocycles. The number of ether oxygens (including phenoxy) is 1. The van der Waals surface area contributed by atoms with E-state index in [1.54, 1.807) is 7.11 Å². The van der Waals surface area contributed by atoms with Crippen LogP contribution in [0.3, 0.4) is 0 Å². The Morgan fingerprint density at radius 2 is 1.88 bits per heavy atom. The largest absolute Gasteiger partial charge is 0.497 e. The monoisotopic (exact) mass is 344 g/mol. The molecule has 138 valence electrons. The van der Waals surface area contributed by atoms with Crippen LogP contribution in [-0.4, -0.2) is 51.2 Å². The van der Waals surface area contributed by atoms with Gasteiger partial charge >= 0.3 is 0 Å². The van der Waals surface area contributed by atoms with Gasteiger partial charge in [-0.15, -0.1) is 0 Å². The smallest absolute Gasteiger partial charge is 0.191 e. The Balaban J connectivity index is 1.64. The van der Waals surface area contributed by atoms with E-state index in [1.807, 2.05) is 7.05 Å². The van der Waals surface area contributed by atoms with Crippen molar-refractivity contribution in [3.63, 3.8) is 0 Å². The quantitative estimate of drug-likeness (QED) is 0.590. The maximum Gasteiger partial charge on any atom is 0.191 e. The minimum absolute atomic E-state index is 0.366. The van der Waals surface area contributed by atoms with E-state index in [9.17, 15) is 0 Å². The number of aliphatic imine (C=N–C) groups is 1. The zero-order valence-corrected chi connectivity index (χ0v) is 15.6. The Labute approximate surface area is 151 Å². The summed E-state index contributed by atoms with van der Waals surface area (Å²) in [6, 6.07) is 8.88. The number of nitrogens with zero attached hydrogens (tertiary/aromatic N) is 2. The molecule has 5 heteroatoms. The van der Waals surface area contributed by atoms with E-state index in [1.165, 1.54) is 50.8 Å². The van der Waals surface area contributed by atoms with Crippen LogP contribution < -0.4 is 15.4 Å². The van der Waals surface area contributed by atoms with Gasteiger partial charge in [0.1, 0.15) is 5.75 Å². The minimum Gasteiger partial charge on any atom is -0.497 e. The zero-order chi connectivity index (χ0) is 17.5. The van der Waals surface area contributed by atoms with Gasteiger partial charge in [-0.2, -0.15) is 0 Å². The summed E-state index contributed by atoms with van der Waals surface area (Å²) in [7, 11) is 3.57. The van der Waals surface area contributed by atoms with Crippen LogP contribution in [-0.2, 0) is 0 Å². The number of nitrogens with one attached hydrogen (secondary N) is 2. The molecule has 2 fully saturated rings. The van der Waals surface area contributed by atoms with E-state index < -0.39 is 0 Å². The molecule has 1 unspecified atom stereocenters. The molecule has 1 aromatic carbocycles. The summed E-state index contributed by atoms with van der Waals surface area (Å²) in [5.41, 5.74) is 1.34. The van der Waals surface area contributed by atoms with Gasteiger partial charge in [0.05, 0.1) is 13.2 Å². The third-order valence-electron chi connectivity index (χ3n) is 5.27. The number of hydrogen-bond acceptors (Lipinski definition) is 3. The average Bonchev–Trinajstić information content (AvgIpc) is 3.50.